The monoisotopic (exact) mass is 272 g/mol. The molecule has 0 spiro atoms. The summed E-state index contributed by atoms with van der Waals surface area (Å²) in [4.78, 5) is 13.0. The van der Waals surface area contributed by atoms with Crippen molar-refractivity contribution in [3.8, 4) is 5.88 Å². The highest BCUT2D eigenvalue weighted by Crippen LogP contribution is 2.13. The molecule has 0 atom stereocenters. The van der Waals surface area contributed by atoms with Gasteiger partial charge >= 0.3 is 0 Å². The Hall–Kier alpha value is -2.17. The van der Waals surface area contributed by atoms with Crippen LogP contribution in [-0.4, -0.2) is 21.6 Å². The largest absolute Gasteiger partial charge is 0.478 e. The quantitative estimate of drug-likeness (QED) is 0.876. The highest BCUT2D eigenvalue weighted by atomic mass is 16.5. The summed E-state index contributed by atoms with van der Waals surface area (Å²) in [6.07, 6.45) is 2.81. The van der Waals surface area contributed by atoms with Crippen molar-refractivity contribution in [3.63, 3.8) is 0 Å². The molecule has 0 aliphatic carbocycles. The first kappa shape index (κ1) is 14.2. The summed E-state index contributed by atoms with van der Waals surface area (Å²) in [5, 5.41) is 3.20. The maximum atomic E-state index is 5.54. The molecule has 2 aromatic heterocycles. The van der Waals surface area contributed by atoms with E-state index in [0.29, 0.717) is 25.0 Å². The molecule has 0 bridgehead atoms. The summed E-state index contributed by atoms with van der Waals surface area (Å²) in [5.41, 5.74) is 2.99. The van der Waals surface area contributed by atoms with Crippen molar-refractivity contribution in [1.29, 1.82) is 0 Å². The Morgan fingerprint density at radius 3 is 2.70 bits per heavy atom. The van der Waals surface area contributed by atoms with E-state index in [1.165, 1.54) is 0 Å². The minimum Gasteiger partial charge on any atom is -0.478 e. The van der Waals surface area contributed by atoms with Gasteiger partial charge in [-0.3, -0.25) is 4.98 Å². The zero-order valence-corrected chi connectivity index (χ0v) is 12.2. The number of nitrogens with zero attached hydrogens (tertiary/aromatic N) is 3. The second-order valence-corrected chi connectivity index (χ2v) is 4.68. The average Bonchev–Trinajstić information content (AvgIpc) is 2.44. The van der Waals surface area contributed by atoms with Gasteiger partial charge in [-0.05, 0) is 31.9 Å². The molecule has 0 saturated heterocycles. The van der Waals surface area contributed by atoms with E-state index >= 15 is 0 Å². The van der Waals surface area contributed by atoms with Crippen LogP contribution in [0.5, 0.6) is 5.88 Å². The Labute approximate surface area is 119 Å². The van der Waals surface area contributed by atoms with Gasteiger partial charge in [-0.25, -0.2) is 4.98 Å². The molecule has 0 fully saturated rings. The molecule has 2 rings (SSSR count). The van der Waals surface area contributed by atoms with Crippen LogP contribution in [0, 0.1) is 13.8 Å². The molecule has 0 saturated carbocycles. The average molecular weight is 272 g/mol. The first-order valence-electron chi connectivity index (χ1n) is 6.81. The summed E-state index contributed by atoms with van der Waals surface area (Å²) in [6.45, 7) is 7.27. The van der Waals surface area contributed by atoms with Crippen LogP contribution in [0.2, 0.25) is 0 Å². The highest BCUT2D eigenvalue weighted by Gasteiger charge is 2.03. The van der Waals surface area contributed by atoms with Crippen molar-refractivity contribution in [2.24, 2.45) is 0 Å². The molecule has 0 aliphatic rings. The lowest BCUT2D eigenvalue weighted by atomic mass is 10.2. The molecule has 0 aliphatic heterocycles. The van der Waals surface area contributed by atoms with Crippen molar-refractivity contribution < 1.29 is 4.74 Å². The predicted molar refractivity (Wildman–Crippen MR) is 78.9 cm³/mol. The Morgan fingerprint density at radius 1 is 1.15 bits per heavy atom. The lowest BCUT2D eigenvalue weighted by molar-refractivity contribution is 0.305. The predicted octanol–water partition coefficient (Wildman–Crippen LogP) is 2.89. The molecular formula is C15H20N4O. The zero-order chi connectivity index (χ0) is 14.4. The van der Waals surface area contributed by atoms with Crippen LogP contribution in [0.15, 0.2) is 24.4 Å². The maximum absolute atomic E-state index is 5.54. The van der Waals surface area contributed by atoms with E-state index in [9.17, 15) is 0 Å². The van der Waals surface area contributed by atoms with Crippen LogP contribution in [0.4, 0.5) is 5.95 Å². The molecule has 0 amide bonds. The number of ether oxygens (including phenoxy) is 1. The maximum Gasteiger partial charge on any atom is 0.226 e. The van der Waals surface area contributed by atoms with Gasteiger partial charge in [0.15, 0.2) is 0 Å². The molecule has 0 radical (unpaired) electrons. The van der Waals surface area contributed by atoms with E-state index in [2.05, 4.69) is 27.2 Å². The second-order valence-electron chi connectivity index (χ2n) is 4.68. The van der Waals surface area contributed by atoms with Gasteiger partial charge < -0.3 is 10.1 Å². The molecule has 106 valence electrons. The summed E-state index contributed by atoms with van der Waals surface area (Å²) < 4.78 is 5.54. The molecule has 20 heavy (non-hydrogen) atoms. The van der Waals surface area contributed by atoms with Crippen molar-refractivity contribution in [2.45, 2.75) is 33.7 Å². The SMILES string of the molecule is CCCOc1cc(C)nc(NCc2ccc(C)nc2)n1. The highest BCUT2D eigenvalue weighted by molar-refractivity contribution is 5.32. The molecule has 2 aromatic rings. The van der Waals surface area contributed by atoms with E-state index in [4.69, 9.17) is 4.74 Å². The van der Waals surface area contributed by atoms with Crippen molar-refractivity contribution in [1.82, 2.24) is 15.0 Å². The lowest BCUT2D eigenvalue weighted by Gasteiger charge is -2.09. The van der Waals surface area contributed by atoms with Gasteiger partial charge in [0.1, 0.15) is 0 Å². The molecule has 0 unspecified atom stereocenters. The Balaban J connectivity index is 2.01. The Bertz CT molecular complexity index is 554. The summed E-state index contributed by atoms with van der Waals surface area (Å²) in [6, 6.07) is 5.87. The standard InChI is InChI=1S/C15H20N4O/c1-4-7-20-14-8-12(3)18-15(19-14)17-10-13-6-5-11(2)16-9-13/h5-6,8-9H,4,7,10H2,1-3H3,(H,17,18,19). The van der Waals surface area contributed by atoms with E-state index in [-0.39, 0.29) is 0 Å². The number of anilines is 1. The molecule has 1 N–H and O–H groups in total. The van der Waals surface area contributed by atoms with Crippen LogP contribution in [0.1, 0.15) is 30.3 Å². The normalized spacial score (nSPS) is 10.3. The molecule has 5 nitrogen and oxygen atoms in total. The topological polar surface area (TPSA) is 59.9 Å². The van der Waals surface area contributed by atoms with Crippen LogP contribution >= 0.6 is 0 Å². The van der Waals surface area contributed by atoms with E-state index < -0.39 is 0 Å². The molecule has 2 heterocycles. The van der Waals surface area contributed by atoms with Crippen molar-refractivity contribution in [2.75, 3.05) is 11.9 Å². The third kappa shape index (κ3) is 4.19. The smallest absolute Gasteiger partial charge is 0.226 e. The van der Waals surface area contributed by atoms with E-state index in [0.717, 1.165) is 23.4 Å². The first-order chi connectivity index (χ1) is 9.67. The third-order valence-electron chi connectivity index (χ3n) is 2.71. The summed E-state index contributed by atoms with van der Waals surface area (Å²) >= 11 is 0. The van der Waals surface area contributed by atoms with Crippen LogP contribution in [0.25, 0.3) is 0 Å². The van der Waals surface area contributed by atoms with Crippen LogP contribution < -0.4 is 10.1 Å². The number of hydrogen-bond acceptors (Lipinski definition) is 5. The number of aryl methyl sites for hydroxylation is 2. The molecule has 0 aromatic carbocycles. The van der Waals surface area contributed by atoms with E-state index in [1.807, 2.05) is 38.2 Å². The van der Waals surface area contributed by atoms with Gasteiger partial charge in [-0.1, -0.05) is 13.0 Å². The van der Waals surface area contributed by atoms with Gasteiger partial charge in [-0.2, -0.15) is 4.98 Å². The third-order valence-corrected chi connectivity index (χ3v) is 2.71. The Morgan fingerprint density at radius 2 is 2.00 bits per heavy atom. The first-order valence-corrected chi connectivity index (χ1v) is 6.81. The minimum atomic E-state index is 0.580. The van der Waals surface area contributed by atoms with Gasteiger partial charge in [0.25, 0.3) is 0 Å². The number of rotatable bonds is 6. The fraction of sp³-hybridized carbons (Fsp3) is 0.400. The second kappa shape index (κ2) is 6.84. The van der Waals surface area contributed by atoms with Gasteiger partial charge in [0.2, 0.25) is 11.8 Å². The summed E-state index contributed by atoms with van der Waals surface area (Å²) in [7, 11) is 0. The van der Waals surface area contributed by atoms with Crippen molar-refractivity contribution >= 4 is 5.95 Å². The fourth-order valence-corrected chi connectivity index (χ4v) is 1.68. The van der Waals surface area contributed by atoms with Crippen LogP contribution in [-0.2, 0) is 6.54 Å². The fourth-order valence-electron chi connectivity index (χ4n) is 1.68. The van der Waals surface area contributed by atoms with Gasteiger partial charge in [0.05, 0.1) is 6.61 Å². The zero-order valence-electron chi connectivity index (χ0n) is 12.2. The Kier molecular flexibility index (Phi) is 4.87. The number of hydrogen-bond donors (Lipinski definition) is 1. The van der Waals surface area contributed by atoms with Gasteiger partial charge in [0, 0.05) is 30.2 Å². The molecule has 5 heteroatoms. The summed E-state index contributed by atoms with van der Waals surface area (Å²) in [5.74, 6) is 1.19. The molecular weight excluding hydrogens is 252 g/mol. The number of nitrogens with one attached hydrogen (secondary N) is 1. The minimum absolute atomic E-state index is 0.580. The van der Waals surface area contributed by atoms with Gasteiger partial charge in [-0.15, -0.1) is 0 Å². The van der Waals surface area contributed by atoms with Crippen LogP contribution in [0.3, 0.4) is 0 Å². The lowest BCUT2D eigenvalue weighted by Crippen LogP contribution is -2.07. The van der Waals surface area contributed by atoms with E-state index in [1.54, 1.807) is 0 Å². The number of pyridine rings is 1. The number of aromatic nitrogens is 3. The van der Waals surface area contributed by atoms with Crippen molar-refractivity contribution in [3.05, 3.63) is 41.3 Å².